The zero-order chi connectivity index (χ0) is 21.8. The maximum atomic E-state index is 13.4. The lowest BCUT2D eigenvalue weighted by atomic mass is 9.84. The number of fused-ring (bicyclic) bond motifs is 1. The quantitative estimate of drug-likeness (QED) is 0.210. The maximum absolute atomic E-state index is 13.4. The molecule has 3 nitrogen and oxygen atoms in total. The van der Waals surface area contributed by atoms with Crippen molar-refractivity contribution in [3.8, 4) is 5.75 Å². The Kier molecular flexibility index (Phi) is 5.98. The molecule has 4 aromatic rings. The summed E-state index contributed by atoms with van der Waals surface area (Å²) < 4.78 is 7.85. The fourth-order valence-corrected chi connectivity index (χ4v) is 4.80. The average Bonchev–Trinajstić information content (AvgIpc) is 2.85. The van der Waals surface area contributed by atoms with Crippen LogP contribution in [0.1, 0.15) is 59.6 Å². The maximum Gasteiger partial charge on any atom is 0.409 e. The molecule has 1 saturated carbocycles. The first-order valence-corrected chi connectivity index (χ1v) is 11.6. The predicted molar refractivity (Wildman–Crippen MR) is 127 cm³/mol. The number of hydrogen-bond acceptors (Lipinski definition) is 2. The van der Waals surface area contributed by atoms with Crippen molar-refractivity contribution in [2.75, 3.05) is 0 Å². The number of nitrogens with zero attached hydrogens (tertiary/aromatic N) is 1. The Morgan fingerprint density at radius 3 is 2.31 bits per heavy atom. The van der Waals surface area contributed by atoms with Gasteiger partial charge in [0.15, 0.2) is 12.7 Å². The second-order valence-electron chi connectivity index (χ2n) is 8.66. The molecule has 0 amide bonds. The molecule has 0 N–H and O–H groups in total. The van der Waals surface area contributed by atoms with Crippen molar-refractivity contribution in [1.29, 1.82) is 0 Å². The van der Waals surface area contributed by atoms with Gasteiger partial charge in [-0.3, -0.25) is 0 Å². The first-order valence-electron chi connectivity index (χ1n) is 11.6. The van der Waals surface area contributed by atoms with Crippen molar-refractivity contribution in [3.63, 3.8) is 0 Å². The molecule has 0 saturated heterocycles. The molecular formula is C29H28NO2+. The monoisotopic (exact) mass is 422 g/mol. The normalized spacial score (nSPS) is 14.4. The lowest BCUT2D eigenvalue weighted by molar-refractivity contribution is -0.689. The minimum Gasteiger partial charge on any atom is -0.419 e. The van der Waals surface area contributed by atoms with E-state index in [2.05, 4.69) is 24.3 Å². The van der Waals surface area contributed by atoms with Gasteiger partial charge in [0.25, 0.3) is 5.69 Å². The smallest absolute Gasteiger partial charge is 0.409 e. The predicted octanol–water partition coefficient (Wildman–Crippen LogP) is 6.44. The molecule has 1 aromatic heterocycles. The third-order valence-electron chi connectivity index (χ3n) is 6.49. The molecule has 0 spiro atoms. The summed E-state index contributed by atoms with van der Waals surface area (Å²) in [7, 11) is 0. The summed E-state index contributed by atoms with van der Waals surface area (Å²) in [6.45, 7) is 0.608. The van der Waals surface area contributed by atoms with Gasteiger partial charge >= 0.3 is 5.97 Å². The molecule has 1 aliphatic rings. The second-order valence-corrected chi connectivity index (χ2v) is 8.66. The number of carbonyl (C=O) groups is 1. The summed E-state index contributed by atoms with van der Waals surface area (Å²) in [5.41, 5.74) is 3.07. The van der Waals surface area contributed by atoms with E-state index in [0.717, 1.165) is 16.3 Å². The van der Waals surface area contributed by atoms with Crippen molar-refractivity contribution in [1.82, 2.24) is 0 Å². The van der Waals surface area contributed by atoms with Crippen LogP contribution >= 0.6 is 0 Å². The molecule has 3 heteroatoms. The molecule has 0 unspecified atom stereocenters. The summed E-state index contributed by atoms with van der Waals surface area (Å²) in [5.74, 6) is 0.900. The van der Waals surface area contributed by atoms with E-state index in [0.29, 0.717) is 23.9 Å². The highest BCUT2D eigenvalue weighted by atomic mass is 16.5. The Morgan fingerprint density at radius 2 is 1.53 bits per heavy atom. The molecule has 1 fully saturated rings. The molecule has 0 bridgehead atoms. The van der Waals surface area contributed by atoms with Gasteiger partial charge in [0.2, 0.25) is 0 Å². The van der Waals surface area contributed by atoms with E-state index in [4.69, 9.17) is 4.74 Å². The van der Waals surface area contributed by atoms with Crippen LogP contribution in [0.3, 0.4) is 0 Å². The van der Waals surface area contributed by atoms with Crippen molar-refractivity contribution >= 4 is 16.7 Å². The van der Waals surface area contributed by atoms with E-state index in [1.807, 2.05) is 71.4 Å². The van der Waals surface area contributed by atoms with Crippen LogP contribution in [-0.4, -0.2) is 5.97 Å². The molecule has 0 aliphatic heterocycles. The zero-order valence-corrected chi connectivity index (χ0v) is 18.2. The molecule has 3 aromatic carbocycles. The van der Waals surface area contributed by atoms with E-state index in [9.17, 15) is 4.79 Å². The minimum atomic E-state index is -0.330. The van der Waals surface area contributed by atoms with Crippen LogP contribution in [0.4, 0.5) is 0 Å². The van der Waals surface area contributed by atoms with E-state index in [1.54, 1.807) is 0 Å². The van der Waals surface area contributed by atoms with E-state index >= 15 is 0 Å². The highest BCUT2D eigenvalue weighted by molar-refractivity contribution is 6.01. The van der Waals surface area contributed by atoms with Crippen molar-refractivity contribution in [2.24, 2.45) is 0 Å². The van der Waals surface area contributed by atoms with Gasteiger partial charge < -0.3 is 4.74 Å². The largest absolute Gasteiger partial charge is 0.419 e. The van der Waals surface area contributed by atoms with Crippen LogP contribution in [0, 0.1) is 0 Å². The summed E-state index contributed by atoms with van der Waals surface area (Å²) in [5, 5.41) is 1.92. The summed E-state index contributed by atoms with van der Waals surface area (Å²) >= 11 is 0. The minimum absolute atomic E-state index is 0.330. The Bertz CT molecular complexity index is 1210. The molecule has 160 valence electrons. The van der Waals surface area contributed by atoms with Gasteiger partial charge in [-0.05, 0) is 47.9 Å². The first-order chi connectivity index (χ1) is 15.8. The van der Waals surface area contributed by atoms with Gasteiger partial charge in [-0.15, -0.1) is 0 Å². The van der Waals surface area contributed by atoms with Crippen LogP contribution in [0.15, 0.2) is 91.1 Å². The molecule has 32 heavy (non-hydrogen) atoms. The molecule has 0 radical (unpaired) electrons. The first kappa shape index (κ1) is 20.4. The molecule has 1 aliphatic carbocycles. The van der Waals surface area contributed by atoms with Crippen LogP contribution < -0.4 is 9.30 Å². The van der Waals surface area contributed by atoms with Crippen molar-refractivity contribution in [3.05, 3.63) is 108 Å². The van der Waals surface area contributed by atoms with Gasteiger partial charge in [-0.25, -0.2) is 4.79 Å². The zero-order valence-electron chi connectivity index (χ0n) is 18.2. The highest BCUT2D eigenvalue weighted by Gasteiger charge is 2.26. The number of rotatable bonds is 5. The summed E-state index contributed by atoms with van der Waals surface area (Å²) in [6.07, 6.45) is 8.45. The lowest BCUT2D eigenvalue weighted by Gasteiger charge is -2.21. The topological polar surface area (TPSA) is 30.2 Å². The van der Waals surface area contributed by atoms with Crippen LogP contribution in [0.25, 0.3) is 10.8 Å². The standard InChI is InChI=1S/C29H28NO2/c31-29(32-26-17-15-24(16-18-26)23-11-5-2-6-12-23)28-27-14-8-7-13-25(27)19-20-30(28)21-22-9-3-1-4-10-22/h1,3-4,7-10,13-20,23H,2,5-6,11-12,21H2/q+1. The van der Waals surface area contributed by atoms with E-state index in [1.165, 1.54) is 37.7 Å². The van der Waals surface area contributed by atoms with Crippen LogP contribution in [-0.2, 0) is 6.54 Å². The van der Waals surface area contributed by atoms with E-state index in [-0.39, 0.29) is 5.97 Å². The van der Waals surface area contributed by atoms with Gasteiger partial charge in [-0.1, -0.05) is 79.9 Å². The molecule has 0 atom stereocenters. The van der Waals surface area contributed by atoms with E-state index < -0.39 is 0 Å². The number of pyridine rings is 1. The Balaban J connectivity index is 1.43. The number of carbonyl (C=O) groups excluding carboxylic acids is 1. The summed E-state index contributed by atoms with van der Waals surface area (Å²) in [6, 6.07) is 28.3. The average molecular weight is 423 g/mol. The molecule has 5 rings (SSSR count). The van der Waals surface area contributed by atoms with Gasteiger partial charge in [0.05, 0.1) is 5.39 Å². The Morgan fingerprint density at radius 1 is 0.812 bits per heavy atom. The Hall–Kier alpha value is -3.46. The van der Waals surface area contributed by atoms with Gasteiger partial charge in [-0.2, -0.15) is 4.57 Å². The van der Waals surface area contributed by atoms with Crippen molar-refractivity contribution < 1.29 is 14.1 Å². The van der Waals surface area contributed by atoms with Crippen LogP contribution in [0.2, 0.25) is 0 Å². The lowest BCUT2D eigenvalue weighted by Crippen LogP contribution is -2.42. The number of aromatic nitrogens is 1. The number of benzene rings is 3. The van der Waals surface area contributed by atoms with Gasteiger partial charge in [0.1, 0.15) is 5.75 Å². The fraction of sp³-hybridized carbons (Fsp3) is 0.241. The highest BCUT2D eigenvalue weighted by Crippen LogP contribution is 2.33. The SMILES string of the molecule is O=C(Oc1ccc(C2CCCCC2)cc1)c1c2ccccc2cc[n+]1Cc1ccccc1. The van der Waals surface area contributed by atoms with Crippen molar-refractivity contribution in [2.45, 2.75) is 44.6 Å². The van der Waals surface area contributed by atoms with Crippen LogP contribution in [0.5, 0.6) is 5.75 Å². The molecular weight excluding hydrogens is 394 g/mol. The Labute approximate surface area is 189 Å². The third kappa shape index (κ3) is 4.43. The fourth-order valence-electron chi connectivity index (χ4n) is 4.80. The van der Waals surface area contributed by atoms with Gasteiger partial charge in [0, 0.05) is 11.6 Å². The molecule has 1 heterocycles. The number of ether oxygens (including phenoxy) is 1. The summed E-state index contributed by atoms with van der Waals surface area (Å²) in [4.78, 5) is 13.4. The number of esters is 1. The third-order valence-corrected chi connectivity index (χ3v) is 6.49. The number of hydrogen-bond donors (Lipinski definition) is 0. The second kappa shape index (κ2) is 9.35.